The average molecular weight is 434 g/mol. The highest BCUT2D eigenvalue weighted by atomic mass is 32.1. The van der Waals surface area contributed by atoms with Gasteiger partial charge in [0.15, 0.2) is 5.75 Å². The van der Waals surface area contributed by atoms with Crippen molar-refractivity contribution in [2.24, 2.45) is 0 Å². The molecule has 3 aromatic heterocycles. The van der Waals surface area contributed by atoms with Crippen LogP contribution in [-0.2, 0) is 0 Å². The predicted molar refractivity (Wildman–Crippen MR) is 125 cm³/mol. The molecule has 4 aromatic rings. The Morgan fingerprint density at radius 1 is 0.968 bits per heavy atom. The quantitative estimate of drug-likeness (QED) is 0.505. The van der Waals surface area contributed by atoms with Crippen LogP contribution in [0.2, 0.25) is 0 Å². The molecule has 4 heterocycles. The van der Waals surface area contributed by atoms with Crippen LogP contribution in [-0.4, -0.2) is 39.7 Å². The van der Waals surface area contributed by atoms with Crippen LogP contribution in [0.15, 0.2) is 61.3 Å². The molecule has 0 unspecified atom stereocenters. The number of hydrogen-bond acceptors (Lipinski definition) is 7. The van der Waals surface area contributed by atoms with E-state index in [-0.39, 0.29) is 19.4 Å². The van der Waals surface area contributed by atoms with Gasteiger partial charge in [-0.3, -0.25) is 4.98 Å². The van der Waals surface area contributed by atoms with Crippen LogP contribution < -0.4 is 14.8 Å². The number of fused-ring (bicyclic) bond motifs is 2. The lowest BCUT2D eigenvalue weighted by Crippen LogP contribution is -2.19. The van der Waals surface area contributed by atoms with Crippen molar-refractivity contribution in [1.82, 2.24) is 19.9 Å². The van der Waals surface area contributed by atoms with E-state index >= 15 is 0 Å². The molecule has 1 N–H and O–H groups in total. The minimum absolute atomic E-state index is 0. The normalized spacial score (nSPS) is 13.3. The van der Waals surface area contributed by atoms with E-state index in [9.17, 15) is 0 Å². The number of nitrogens with zero attached hydrogens (tertiary/aromatic N) is 4. The summed E-state index contributed by atoms with van der Waals surface area (Å²) in [5, 5.41) is 5.66. The van der Waals surface area contributed by atoms with Gasteiger partial charge in [0, 0.05) is 53.6 Å². The van der Waals surface area contributed by atoms with Gasteiger partial charge in [-0.15, -0.1) is 0 Å². The van der Waals surface area contributed by atoms with Crippen molar-refractivity contribution in [2.75, 3.05) is 25.1 Å². The Labute approximate surface area is 187 Å². The Kier molecular flexibility index (Phi) is 6.18. The molecular weight excluding hydrogens is 410 g/mol. The van der Waals surface area contributed by atoms with Crippen molar-refractivity contribution in [3.63, 3.8) is 0 Å². The molecule has 1 aliphatic rings. The molecule has 0 radical (unpaired) electrons. The summed E-state index contributed by atoms with van der Waals surface area (Å²) in [6.45, 7) is 3.91. The molecule has 0 saturated carbocycles. The van der Waals surface area contributed by atoms with E-state index in [1.807, 2.05) is 24.4 Å². The molecule has 7 nitrogen and oxygen atoms in total. The fraction of sp³-hybridized carbons (Fsp3) is 0.217. The molecule has 0 bridgehead atoms. The van der Waals surface area contributed by atoms with E-state index in [1.54, 1.807) is 18.7 Å². The van der Waals surface area contributed by atoms with Crippen molar-refractivity contribution in [1.29, 1.82) is 0 Å². The summed E-state index contributed by atoms with van der Waals surface area (Å²) in [6, 6.07) is 12.2. The van der Waals surface area contributed by atoms with Crippen LogP contribution in [0.3, 0.4) is 0 Å². The van der Waals surface area contributed by atoms with E-state index in [4.69, 9.17) is 9.47 Å². The maximum atomic E-state index is 5.79. The summed E-state index contributed by atoms with van der Waals surface area (Å²) >= 11 is 0. The number of rotatable bonds is 5. The van der Waals surface area contributed by atoms with Crippen molar-refractivity contribution in [3.8, 4) is 22.9 Å². The Bertz CT molecular complexity index is 1200. The number of pyridine rings is 2. The third-order valence-electron chi connectivity index (χ3n) is 5.19. The van der Waals surface area contributed by atoms with Gasteiger partial charge in [-0.2, -0.15) is 13.5 Å². The van der Waals surface area contributed by atoms with Crippen LogP contribution in [0.4, 0.5) is 5.82 Å². The predicted octanol–water partition coefficient (Wildman–Crippen LogP) is 4.19. The third-order valence-corrected chi connectivity index (χ3v) is 5.19. The van der Waals surface area contributed by atoms with Crippen molar-refractivity contribution in [2.45, 2.75) is 12.8 Å². The second-order valence-corrected chi connectivity index (χ2v) is 7.24. The van der Waals surface area contributed by atoms with E-state index < -0.39 is 0 Å². The number of nitrogens with one attached hydrogen (secondary N) is 1. The molecule has 8 heteroatoms. The highest BCUT2D eigenvalue weighted by Crippen LogP contribution is 2.35. The van der Waals surface area contributed by atoms with E-state index in [0.717, 1.165) is 39.2 Å². The molecule has 0 aliphatic carbocycles. The smallest absolute Gasteiger partial charge is 0.257 e. The summed E-state index contributed by atoms with van der Waals surface area (Å²) in [5.74, 6) is 2.28. The highest BCUT2D eigenvalue weighted by Gasteiger charge is 2.20. The molecule has 0 amide bonds. The molecule has 1 aromatic carbocycles. The lowest BCUT2D eigenvalue weighted by atomic mass is 10.0. The number of ether oxygens (including phenoxy) is 2. The van der Waals surface area contributed by atoms with Crippen molar-refractivity contribution >= 4 is 30.1 Å². The average Bonchev–Trinajstić information content (AvgIpc) is 2.82. The van der Waals surface area contributed by atoms with E-state index in [2.05, 4.69) is 50.4 Å². The zero-order valence-corrected chi connectivity index (χ0v) is 18.1. The molecule has 0 spiro atoms. The van der Waals surface area contributed by atoms with Gasteiger partial charge in [0.25, 0.3) is 5.88 Å². The zero-order valence-electron chi connectivity index (χ0n) is 17.1. The Balaban J connectivity index is 0.00000231. The van der Waals surface area contributed by atoms with Gasteiger partial charge in [-0.25, -0.2) is 15.0 Å². The fourth-order valence-electron chi connectivity index (χ4n) is 3.58. The Morgan fingerprint density at radius 3 is 2.81 bits per heavy atom. The lowest BCUT2D eigenvalue weighted by Gasteiger charge is -2.22. The van der Waals surface area contributed by atoms with Crippen LogP contribution >= 0.6 is 13.5 Å². The molecular formula is C23H23N5O2S. The van der Waals surface area contributed by atoms with Gasteiger partial charge in [0.1, 0.15) is 25.4 Å². The first kappa shape index (κ1) is 20.9. The summed E-state index contributed by atoms with van der Waals surface area (Å²) < 4.78 is 11.4. The third kappa shape index (κ3) is 4.39. The summed E-state index contributed by atoms with van der Waals surface area (Å²) in [5.41, 5.74) is 2.97. The van der Waals surface area contributed by atoms with Gasteiger partial charge >= 0.3 is 0 Å². The number of benzene rings is 1. The summed E-state index contributed by atoms with van der Waals surface area (Å²) in [7, 11) is 0. The summed E-state index contributed by atoms with van der Waals surface area (Å²) in [6.07, 6.45) is 7.01. The first-order valence-electron chi connectivity index (χ1n) is 9.92. The Hall–Kier alpha value is -3.39. The lowest BCUT2D eigenvalue weighted by molar-refractivity contribution is 0.162. The maximum absolute atomic E-state index is 5.79. The largest absolute Gasteiger partial charge is 0.484 e. The first-order chi connectivity index (χ1) is 14.8. The maximum Gasteiger partial charge on any atom is 0.257 e. The monoisotopic (exact) mass is 433 g/mol. The van der Waals surface area contributed by atoms with Crippen LogP contribution in [0.5, 0.6) is 11.6 Å². The standard InChI is InChI=1S/C23H21N5O2.H2S/c1-15(19-5-7-25-23-22(19)29-8-9-30-23)12-26-21-11-20(27-14-28-21)17-3-2-16-4-6-24-13-18(16)10-17;/h2-7,10-11,13-15H,8-9,12H2,1H3,(H,26,27,28);1H2/t15-;/m1./s1. The van der Waals surface area contributed by atoms with Gasteiger partial charge in [-0.1, -0.05) is 19.1 Å². The molecule has 31 heavy (non-hydrogen) atoms. The minimum atomic E-state index is 0. The van der Waals surface area contributed by atoms with Crippen LogP contribution in [0.1, 0.15) is 18.4 Å². The van der Waals surface area contributed by atoms with Gasteiger partial charge < -0.3 is 14.8 Å². The Morgan fingerprint density at radius 2 is 1.87 bits per heavy atom. The topological polar surface area (TPSA) is 82.1 Å². The molecule has 0 fully saturated rings. The minimum Gasteiger partial charge on any atom is -0.484 e. The number of aromatic nitrogens is 4. The van der Waals surface area contributed by atoms with E-state index in [1.165, 1.54) is 0 Å². The second kappa shape index (κ2) is 9.18. The molecule has 5 rings (SSSR count). The van der Waals surface area contributed by atoms with Gasteiger partial charge in [-0.05, 0) is 23.6 Å². The first-order valence-corrected chi connectivity index (χ1v) is 9.92. The molecule has 1 aliphatic heterocycles. The molecule has 0 saturated heterocycles. The van der Waals surface area contributed by atoms with Crippen LogP contribution in [0, 0.1) is 0 Å². The van der Waals surface area contributed by atoms with Crippen LogP contribution in [0.25, 0.3) is 22.0 Å². The summed E-state index contributed by atoms with van der Waals surface area (Å²) in [4.78, 5) is 17.3. The zero-order chi connectivity index (χ0) is 20.3. The van der Waals surface area contributed by atoms with Gasteiger partial charge in [0.2, 0.25) is 0 Å². The number of hydrogen-bond donors (Lipinski definition) is 1. The van der Waals surface area contributed by atoms with Crippen molar-refractivity contribution < 1.29 is 9.47 Å². The van der Waals surface area contributed by atoms with E-state index in [0.29, 0.717) is 25.6 Å². The SMILES string of the molecule is C[C@H](CNc1cc(-c2ccc3ccncc3c2)ncn1)c1ccnc2c1OCCO2.S. The molecule has 158 valence electrons. The fourth-order valence-corrected chi connectivity index (χ4v) is 3.58. The molecule has 1 atom stereocenters. The number of anilines is 1. The van der Waals surface area contributed by atoms with Crippen molar-refractivity contribution in [3.05, 3.63) is 66.9 Å². The van der Waals surface area contributed by atoms with Gasteiger partial charge in [0.05, 0.1) is 5.69 Å². The highest BCUT2D eigenvalue weighted by molar-refractivity contribution is 7.59. The second-order valence-electron chi connectivity index (χ2n) is 7.24.